The molecule has 0 N–H and O–H groups in total. The number of aromatic nitrogens is 2. The van der Waals surface area contributed by atoms with Crippen molar-refractivity contribution < 1.29 is 0 Å². The van der Waals surface area contributed by atoms with Crippen molar-refractivity contribution in [3.05, 3.63) is 47.9 Å². The van der Waals surface area contributed by atoms with Gasteiger partial charge in [-0.25, -0.2) is 4.98 Å². The lowest BCUT2D eigenvalue weighted by Crippen LogP contribution is -1.93. The van der Waals surface area contributed by atoms with E-state index in [1.165, 1.54) is 0 Å². The van der Waals surface area contributed by atoms with E-state index in [0.29, 0.717) is 17.0 Å². The predicted molar refractivity (Wildman–Crippen MR) is 61.5 cm³/mol. The van der Waals surface area contributed by atoms with Crippen LogP contribution in [0.5, 0.6) is 0 Å². The van der Waals surface area contributed by atoms with Crippen LogP contribution in [0.2, 0.25) is 0 Å². The molecule has 1 aromatic carbocycles. The molecule has 0 aliphatic rings. The topological polar surface area (TPSA) is 73.4 Å². The minimum Gasteiger partial charge on any atom is -0.261 e. The fraction of sp³-hybridized carbons (Fsp3) is 0.0769. The van der Waals surface area contributed by atoms with Gasteiger partial charge in [0.15, 0.2) is 0 Å². The van der Waals surface area contributed by atoms with Gasteiger partial charge in [-0.15, -0.1) is 0 Å². The standard InChI is InChI=1S/C13H8N4/c14-6-5-12-8-16-9-13(17-12)11-3-1-10(7-15)2-4-11/h1-4,8-9H,5H2. The van der Waals surface area contributed by atoms with Gasteiger partial charge < -0.3 is 0 Å². The van der Waals surface area contributed by atoms with Gasteiger partial charge in [-0.3, -0.25) is 4.98 Å². The molecule has 0 fully saturated rings. The van der Waals surface area contributed by atoms with Crippen LogP contribution in [0.3, 0.4) is 0 Å². The highest BCUT2D eigenvalue weighted by molar-refractivity contribution is 5.59. The van der Waals surface area contributed by atoms with Crippen LogP contribution >= 0.6 is 0 Å². The second-order valence-corrected chi connectivity index (χ2v) is 3.42. The Balaban J connectivity index is 2.36. The molecular formula is C13H8N4. The summed E-state index contributed by atoms with van der Waals surface area (Å²) in [5, 5.41) is 17.3. The van der Waals surface area contributed by atoms with E-state index in [2.05, 4.69) is 16.0 Å². The Hall–Kier alpha value is -2.72. The first kappa shape index (κ1) is 10.8. The Labute approximate surface area is 98.8 Å². The molecule has 0 aliphatic carbocycles. The van der Waals surface area contributed by atoms with Crippen LogP contribution in [-0.4, -0.2) is 9.97 Å². The molecule has 0 amide bonds. The monoisotopic (exact) mass is 220 g/mol. The van der Waals surface area contributed by atoms with Crippen molar-refractivity contribution in [2.45, 2.75) is 6.42 Å². The first-order valence-electron chi connectivity index (χ1n) is 5.02. The van der Waals surface area contributed by atoms with E-state index in [1.54, 1.807) is 24.5 Å². The van der Waals surface area contributed by atoms with Crippen LogP contribution in [0, 0.1) is 22.7 Å². The SMILES string of the molecule is N#CCc1cncc(-c2ccc(C#N)cc2)n1. The number of benzene rings is 1. The van der Waals surface area contributed by atoms with E-state index in [0.717, 1.165) is 5.56 Å². The summed E-state index contributed by atoms with van der Waals surface area (Å²) in [6, 6.07) is 11.2. The summed E-state index contributed by atoms with van der Waals surface area (Å²) >= 11 is 0. The van der Waals surface area contributed by atoms with Crippen molar-refractivity contribution >= 4 is 0 Å². The van der Waals surface area contributed by atoms with Gasteiger partial charge >= 0.3 is 0 Å². The van der Waals surface area contributed by atoms with E-state index in [4.69, 9.17) is 10.5 Å². The zero-order valence-corrected chi connectivity index (χ0v) is 8.96. The molecule has 2 rings (SSSR count). The average Bonchev–Trinajstić information content (AvgIpc) is 2.40. The summed E-state index contributed by atoms with van der Waals surface area (Å²) in [5.74, 6) is 0. The van der Waals surface area contributed by atoms with E-state index in [9.17, 15) is 0 Å². The second-order valence-electron chi connectivity index (χ2n) is 3.42. The van der Waals surface area contributed by atoms with E-state index in [1.807, 2.05) is 18.2 Å². The molecule has 0 spiro atoms. The Kier molecular flexibility index (Phi) is 3.09. The summed E-state index contributed by atoms with van der Waals surface area (Å²) in [6.07, 6.45) is 3.47. The summed E-state index contributed by atoms with van der Waals surface area (Å²) < 4.78 is 0. The highest BCUT2D eigenvalue weighted by Crippen LogP contribution is 2.16. The number of hydrogen-bond acceptors (Lipinski definition) is 4. The molecule has 17 heavy (non-hydrogen) atoms. The van der Waals surface area contributed by atoms with Gasteiger partial charge in [0.1, 0.15) is 0 Å². The zero-order chi connectivity index (χ0) is 12.1. The van der Waals surface area contributed by atoms with Crippen molar-refractivity contribution in [2.75, 3.05) is 0 Å². The molecule has 0 atom stereocenters. The number of nitrogens with zero attached hydrogens (tertiary/aromatic N) is 4. The van der Waals surface area contributed by atoms with Crippen molar-refractivity contribution in [2.24, 2.45) is 0 Å². The summed E-state index contributed by atoms with van der Waals surface area (Å²) in [6.45, 7) is 0. The minimum atomic E-state index is 0.247. The van der Waals surface area contributed by atoms with Gasteiger partial charge in [0.2, 0.25) is 0 Å². The molecule has 0 radical (unpaired) electrons. The fourth-order valence-electron chi connectivity index (χ4n) is 1.43. The third-order valence-electron chi connectivity index (χ3n) is 2.25. The molecule has 0 aliphatic heterocycles. The Morgan fingerprint density at radius 1 is 1.06 bits per heavy atom. The highest BCUT2D eigenvalue weighted by Gasteiger charge is 2.02. The quantitative estimate of drug-likeness (QED) is 0.776. The average molecular weight is 220 g/mol. The minimum absolute atomic E-state index is 0.247. The van der Waals surface area contributed by atoms with Gasteiger partial charge in [-0.1, -0.05) is 12.1 Å². The van der Waals surface area contributed by atoms with Crippen molar-refractivity contribution in [3.8, 4) is 23.4 Å². The molecule has 0 saturated carbocycles. The van der Waals surface area contributed by atoms with Crippen LogP contribution in [0.15, 0.2) is 36.7 Å². The van der Waals surface area contributed by atoms with Gasteiger partial charge in [0.25, 0.3) is 0 Å². The number of hydrogen-bond donors (Lipinski definition) is 0. The summed E-state index contributed by atoms with van der Waals surface area (Å²) in [7, 11) is 0. The molecule has 4 heteroatoms. The number of nitriles is 2. The molecule has 0 saturated heterocycles. The van der Waals surface area contributed by atoms with E-state index < -0.39 is 0 Å². The van der Waals surface area contributed by atoms with Gasteiger partial charge in [0.05, 0.1) is 41.7 Å². The van der Waals surface area contributed by atoms with Gasteiger partial charge in [0, 0.05) is 11.8 Å². The Bertz CT molecular complexity index is 603. The van der Waals surface area contributed by atoms with Gasteiger partial charge in [-0.05, 0) is 12.1 Å². The number of rotatable bonds is 2. The maximum absolute atomic E-state index is 8.70. The third-order valence-corrected chi connectivity index (χ3v) is 2.25. The lowest BCUT2D eigenvalue weighted by molar-refractivity contribution is 1.07. The van der Waals surface area contributed by atoms with Crippen LogP contribution < -0.4 is 0 Å². The van der Waals surface area contributed by atoms with Crippen molar-refractivity contribution in [3.63, 3.8) is 0 Å². The van der Waals surface area contributed by atoms with Crippen molar-refractivity contribution in [1.29, 1.82) is 10.5 Å². The molecule has 4 nitrogen and oxygen atoms in total. The molecule has 0 unspecified atom stereocenters. The zero-order valence-electron chi connectivity index (χ0n) is 8.96. The van der Waals surface area contributed by atoms with Crippen LogP contribution in [0.4, 0.5) is 0 Å². The second kappa shape index (κ2) is 4.87. The molecular weight excluding hydrogens is 212 g/mol. The van der Waals surface area contributed by atoms with Crippen LogP contribution in [0.25, 0.3) is 11.3 Å². The molecule has 1 heterocycles. The highest BCUT2D eigenvalue weighted by atomic mass is 14.8. The third kappa shape index (κ3) is 2.45. The maximum Gasteiger partial charge on any atom is 0.0991 e. The lowest BCUT2D eigenvalue weighted by Gasteiger charge is -2.01. The Morgan fingerprint density at radius 3 is 2.47 bits per heavy atom. The largest absolute Gasteiger partial charge is 0.261 e. The molecule has 1 aromatic heterocycles. The van der Waals surface area contributed by atoms with Gasteiger partial charge in [-0.2, -0.15) is 10.5 Å². The lowest BCUT2D eigenvalue weighted by atomic mass is 10.1. The van der Waals surface area contributed by atoms with Crippen molar-refractivity contribution in [1.82, 2.24) is 9.97 Å². The first-order chi connectivity index (χ1) is 8.33. The Morgan fingerprint density at radius 2 is 1.82 bits per heavy atom. The molecule has 0 bridgehead atoms. The predicted octanol–water partition coefficient (Wildman–Crippen LogP) is 2.08. The normalized spacial score (nSPS) is 9.29. The molecule has 2 aromatic rings. The summed E-state index contributed by atoms with van der Waals surface area (Å²) in [5.41, 5.74) is 2.85. The smallest absolute Gasteiger partial charge is 0.0991 e. The first-order valence-corrected chi connectivity index (χ1v) is 5.02. The molecule has 80 valence electrons. The van der Waals surface area contributed by atoms with E-state index >= 15 is 0 Å². The maximum atomic E-state index is 8.70. The van der Waals surface area contributed by atoms with Crippen LogP contribution in [-0.2, 0) is 6.42 Å². The van der Waals surface area contributed by atoms with Crippen LogP contribution in [0.1, 0.15) is 11.3 Å². The summed E-state index contributed by atoms with van der Waals surface area (Å²) in [4.78, 5) is 8.36. The fourth-order valence-corrected chi connectivity index (χ4v) is 1.43. The van der Waals surface area contributed by atoms with E-state index in [-0.39, 0.29) is 6.42 Å².